The lowest BCUT2D eigenvalue weighted by Crippen LogP contribution is -1.99. The number of fused-ring (bicyclic) bond motifs is 2. The first-order valence-electron chi connectivity index (χ1n) is 8.92. The van der Waals surface area contributed by atoms with Gasteiger partial charge in [0.1, 0.15) is 11.2 Å². The molecule has 28 heavy (non-hydrogen) atoms. The summed E-state index contributed by atoms with van der Waals surface area (Å²) in [4.78, 5) is 12.2. The third-order valence-electron chi connectivity index (χ3n) is 5.04. The number of furan rings is 1. The van der Waals surface area contributed by atoms with Crippen LogP contribution in [0.4, 0.5) is 0 Å². The summed E-state index contributed by atoms with van der Waals surface area (Å²) in [7, 11) is 0. The molecule has 3 nitrogen and oxygen atoms in total. The highest BCUT2D eigenvalue weighted by Crippen LogP contribution is 2.39. The Kier molecular flexibility index (Phi) is 3.95. The molecule has 0 spiro atoms. The summed E-state index contributed by atoms with van der Waals surface area (Å²) in [6.45, 7) is 1.93. The summed E-state index contributed by atoms with van der Waals surface area (Å²) in [6, 6.07) is 21.6. The Hall–Kier alpha value is -3.11. The molecule has 0 bridgehead atoms. The van der Waals surface area contributed by atoms with Crippen molar-refractivity contribution in [3.8, 4) is 22.3 Å². The smallest absolute Gasteiger partial charge is 0.336 e. The number of hydrogen-bond acceptors (Lipinski definition) is 3. The molecule has 0 aliphatic heterocycles. The highest BCUT2D eigenvalue weighted by Gasteiger charge is 2.17. The second-order valence-electron chi connectivity index (χ2n) is 6.76. The van der Waals surface area contributed by atoms with Crippen LogP contribution in [0.15, 0.2) is 91.1 Å². The Labute approximate surface area is 169 Å². The molecule has 0 aliphatic rings. The predicted octanol–water partition coefficient (Wildman–Crippen LogP) is 6.94. The Bertz CT molecular complexity index is 1380. The van der Waals surface area contributed by atoms with Crippen LogP contribution in [-0.4, -0.2) is 0 Å². The van der Waals surface area contributed by atoms with Gasteiger partial charge in [0.15, 0.2) is 0 Å². The standard InChI is InChI=1S/C24H15BrO3/c1-14-23-20(21(13-27-23)16-7-9-17(25)10-8-16)11-19-18(12-22(26)28-24(14)19)15-5-3-2-4-6-15/h2-13H,1H3. The van der Waals surface area contributed by atoms with Gasteiger partial charge in [0.25, 0.3) is 0 Å². The van der Waals surface area contributed by atoms with Gasteiger partial charge in [-0.3, -0.25) is 0 Å². The molecule has 0 radical (unpaired) electrons. The van der Waals surface area contributed by atoms with Crippen LogP contribution in [0.2, 0.25) is 0 Å². The summed E-state index contributed by atoms with van der Waals surface area (Å²) >= 11 is 3.48. The lowest BCUT2D eigenvalue weighted by atomic mass is 9.96. The summed E-state index contributed by atoms with van der Waals surface area (Å²) in [5, 5.41) is 1.90. The van der Waals surface area contributed by atoms with Crippen molar-refractivity contribution in [1.29, 1.82) is 0 Å². The number of aryl methyl sites for hydroxylation is 1. The van der Waals surface area contributed by atoms with E-state index in [1.165, 1.54) is 0 Å². The Morgan fingerprint density at radius 2 is 1.46 bits per heavy atom. The average molecular weight is 431 g/mol. The van der Waals surface area contributed by atoms with Gasteiger partial charge in [-0.2, -0.15) is 0 Å². The number of benzene rings is 3. The van der Waals surface area contributed by atoms with Crippen molar-refractivity contribution in [2.45, 2.75) is 6.92 Å². The van der Waals surface area contributed by atoms with Crippen molar-refractivity contribution in [3.05, 3.63) is 93.4 Å². The molecular weight excluding hydrogens is 416 g/mol. The van der Waals surface area contributed by atoms with E-state index < -0.39 is 0 Å². The second kappa shape index (κ2) is 6.50. The normalized spacial score (nSPS) is 11.4. The van der Waals surface area contributed by atoms with Gasteiger partial charge in [-0.15, -0.1) is 0 Å². The fourth-order valence-electron chi connectivity index (χ4n) is 3.68. The third-order valence-corrected chi connectivity index (χ3v) is 5.57. The topological polar surface area (TPSA) is 43.4 Å². The molecule has 2 aromatic heterocycles. The summed E-state index contributed by atoms with van der Waals surface area (Å²) in [5.74, 6) is 0. The van der Waals surface area contributed by atoms with Gasteiger partial charge in [-0.05, 0) is 41.8 Å². The predicted molar refractivity (Wildman–Crippen MR) is 116 cm³/mol. The molecule has 0 fully saturated rings. The maximum Gasteiger partial charge on any atom is 0.336 e. The van der Waals surface area contributed by atoms with Gasteiger partial charge < -0.3 is 8.83 Å². The van der Waals surface area contributed by atoms with Crippen LogP contribution in [0.5, 0.6) is 0 Å². The van der Waals surface area contributed by atoms with Crippen LogP contribution in [0.3, 0.4) is 0 Å². The average Bonchev–Trinajstić information content (AvgIpc) is 3.14. The van der Waals surface area contributed by atoms with Crippen molar-refractivity contribution < 1.29 is 8.83 Å². The molecule has 3 aromatic carbocycles. The molecule has 0 N–H and O–H groups in total. The number of halogens is 1. The highest BCUT2D eigenvalue weighted by molar-refractivity contribution is 9.10. The lowest BCUT2D eigenvalue weighted by molar-refractivity contribution is 0.557. The first kappa shape index (κ1) is 17.0. The Morgan fingerprint density at radius 3 is 2.21 bits per heavy atom. The molecule has 0 saturated heterocycles. The van der Waals surface area contributed by atoms with Crippen LogP contribution < -0.4 is 5.63 Å². The Morgan fingerprint density at radius 1 is 0.786 bits per heavy atom. The molecule has 0 atom stereocenters. The van der Waals surface area contributed by atoms with E-state index >= 15 is 0 Å². The SMILES string of the molecule is Cc1c2occ(-c3ccc(Br)cc3)c2cc2c(-c3ccccc3)cc(=O)oc12. The van der Waals surface area contributed by atoms with Gasteiger partial charge in [0.2, 0.25) is 0 Å². The van der Waals surface area contributed by atoms with Crippen LogP contribution in [0, 0.1) is 6.92 Å². The summed E-state index contributed by atoms with van der Waals surface area (Å²) < 4.78 is 12.5. The molecule has 5 aromatic rings. The van der Waals surface area contributed by atoms with E-state index in [1.807, 2.05) is 49.4 Å². The van der Waals surface area contributed by atoms with Gasteiger partial charge in [-0.1, -0.05) is 58.4 Å². The maximum atomic E-state index is 12.2. The minimum atomic E-state index is -0.367. The van der Waals surface area contributed by atoms with Crippen LogP contribution in [0.25, 0.3) is 44.2 Å². The molecule has 0 saturated carbocycles. The minimum absolute atomic E-state index is 0.367. The first-order valence-corrected chi connectivity index (χ1v) is 9.71. The zero-order valence-electron chi connectivity index (χ0n) is 15.0. The first-order chi connectivity index (χ1) is 13.6. The molecule has 136 valence electrons. The third kappa shape index (κ3) is 2.69. The molecule has 0 unspecified atom stereocenters. The second-order valence-corrected chi connectivity index (χ2v) is 7.67. The van der Waals surface area contributed by atoms with Crippen molar-refractivity contribution in [3.63, 3.8) is 0 Å². The molecular formula is C24H15BrO3. The molecule has 4 heteroatoms. The molecule has 2 heterocycles. The summed E-state index contributed by atoms with van der Waals surface area (Å²) in [5.41, 5.74) is 5.68. The monoisotopic (exact) mass is 430 g/mol. The van der Waals surface area contributed by atoms with Gasteiger partial charge in [-0.25, -0.2) is 4.79 Å². The van der Waals surface area contributed by atoms with Gasteiger partial charge in [0.05, 0.1) is 6.26 Å². The van der Waals surface area contributed by atoms with Crippen molar-refractivity contribution in [1.82, 2.24) is 0 Å². The van der Waals surface area contributed by atoms with Gasteiger partial charge in [0, 0.05) is 32.4 Å². The van der Waals surface area contributed by atoms with Crippen LogP contribution in [0.1, 0.15) is 5.56 Å². The van der Waals surface area contributed by atoms with E-state index in [4.69, 9.17) is 8.83 Å². The van der Waals surface area contributed by atoms with E-state index in [9.17, 15) is 4.79 Å². The zero-order chi connectivity index (χ0) is 19.3. The summed E-state index contributed by atoms with van der Waals surface area (Å²) in [6.07, 6.45) is 1.76. The largest absolute Gasteiger partial charge is 0.463 e. The van der Waals surface area contributed by atoms with Crippen LogP contribution >= 0.6 is 15.9 Å². The van der Waals surface area contributed by atoms with Crippen molar-refractivity contribution >= 4 is 37.9 Å². The number of hydrogen-bond donors (Lipinski definition) is 0. The van der Waals surface area contributed by atoms with Gasteiger partial charge >= 0.3 is 5.63 Å². The van der Waals surface area contributed by atoms with E-state index in [0.29, 0.717) is 5.58 Å². The van der Waals surface area contributed by atoms with Crippen molar-refractivity contribution in [2.24, 2.45) is 0 Å². The van der Waals surface area contributed by atoms with E-state index in [-0.39, 0.29) is 5.63 Å². The van der Waals surface area contributed by atoms with E-state index in [2.05, 4.69) is 34.1 Å². The zero-order valence-corrected chi connectivity index (χ0v) is 16.6. The molecule has 0 amide bonds. The lowest BCUT2D eigenvalue weighted by Gasteiger charge is -2.09. The van der Waals surface area contributed by atoms with Crippen molar-refractivity contribution in [2.75, 3.05) is 0 Å². The fraction of sp³-hybridized carbons (Fsp3) is 0.0417. The number of rotatable bonds is 2. The van der Waals surface area contributed by atoms with E-state index in [1.54, 1.807) is 12.3 Å². The highest BCUT2D eigenvalue weighted by atomic mass is 79.9. The van der Waals surface area contributed by atoms with E-state index in [0.717, 1.165) is 48.6 Å². The quantitative estimate of drug-likeness (QED) is 0.284. The van der Waals surface area contributed by atoms with Crippen LogP contribution in [-0.2, 0) is 0 Å². The Balaban J connectivity index is 1.87. The molecule has 0 aliphatic carbocycles. The fourth-order valence-corrected chi connectivity index (χ4v) is 3.95. The molecule has 5 rings (SSSR count). The maximum absolute atomic E-state index is 12.2. The minimum Gasteiger partial charge on any atom is -0.463 e.